The number of hydrogen-bond acceptors (Lipinski definition) is 4. The van der Waals surface area contributed by atoms with Crippen molar-refractivity contribution in [2.24, 2.45) is 0 Å². The van der Waals surface area contributed by atoms with Crippen molar-refractivity contribution in [1.82, 2.24) is 5.32 Å². The van der Waals surface area contributed by atoms with Crippen LogP contribution in [0.1, 0.15) is 22.8 Å². The van der Waals surface area contributed by atoms with Gasteiger partial charge in [-0.2, -0.15) is 0 Å². The van der Waals surface area contributed by atoms with Crippen molar-refractivity contribution < 1.29 is 17.9 Å². The van der Waals surface area contributed by atoms with Crippen LogP contribution in [0.3, 0.4) is 0 Å². The van der Waals surface area contributed by atoms with Crippen LogP contribution in [0.5, 0.6) is 5.75 Å². The highest BCUT2D eigenvalue weighted by Crippen LogP contribution is 2.17. The molecule has 0 aliphatic heterocycles. The molecule has 0 aliphatic rings. The van der Waals surface area contributed by atoms with Crippen molar-refractivity contribution >= 4 is 21.6 Å². The number of carbonyl (C=O) groups is 1. The van der Waals surface area contributed by atoms with E-state index in [0.29, 0.717) is 24.4 Å². The lowest BCUT2D eigenvalue weighted by Crippen LogP contribution is -2.22. The average Bonchev–Trinajstić information content (AvgIpc) is 2.73. The molecule has 6 nitrogen and oxygen atoms in total. The molecule has 3 aromatic rings. The Labute approximate surface area is 170 Å². The van der Waals surface area contributed by atoms with Gasteiger partial charge in [-0.25, -0.2) is 8.42 Å². The van der Waals surface area contributed by atoms with E-state index in [2.05, 4.69) is 10.0 Å². The van der Waals surface area contributed by atoms with E-state index >= 15 is 0 Å². The van der Waals surface area contributed by atoms with Gasteiger partial charge in [-0.05, 0) is 61.0 Å². The van der Waals surface area contributed by atoms with Crippen LogP contribution in [-0.2, 0) is 16.6 Å². The summed E-state index contributed by atoms with van der Waals surface area (Å²) in [6.07, 6.45) is 0. The van der Waals surface area contributed by atoms with Gasteiger partial charge in [0, 0.05) is 17.8 Å². The lowest BCUT2D eigenvalue weighted by atomic mass is 10.1. The van der Waals surface area contributed by atoms with Crippen molar-refractivity contribution in [3.05, 3.63) is 90.0 Å². The SMILES string of the molecule is CCOc1cccc(CNC(=O)c2ccc(NS(=O)(=O)c3ccccc3)cc2)c1. The van der Waals surface area contributed by atoms with Crippen LogP contribution in [0, 0.1) is 0 Å². The van der Waals surface area contributed by atoms with Gasteiger partial charge in [0.15, 0.2) is 0 Å². The Kier molecular flexibility index (Phi) is 6.51. The molecule has 0 fully saturated rings. The van der Waals surface area contributed by atoms with Gasteiger partial charge in [0.25, 0.3) is 15.9 Å². The summed E-state index contributed by atoms with van der Waals surface area (Å²) in [5, 5.41) is 2.84. The monoisotopic (exact) mass is 410 g/mol. The highest BCUT2D eigenvalue weighted by molar-refractivity contribution is 7.92. The van der Waals surface area contributed by atoms with Gasteiger partial charge in [0.1, 0.15) is 5.75 Å². The standard InChI is InChI=1S/C22H22N2O4S/c1-2-28-20-8-6-7-17(15-20)16-23-22(25)18-11-13-19(14-12-18)24-29(26,27)21-9-4-3-5-10-21/h3-15,24H,2,16H2,1H3,(H,23,25). The van der Waals surface area contributed by atoms with Crippen LogP contribution in [-0.4, -0.2) is 20.9 Å². The van der Waals surface area contributed by atoms with Gasteiger partial charge < -0.3 is 10.1 Å². The van der Waals surface area contributed by atoms with E-state index < -0.39 is 10.0 Å². The molecule has 2 N–H and O–H groups in total. The number of ether oxygens (including phenoxy) is 1. The second kappa shape index (κ2) is 9.25. The zero-order valence-corrected chi connectivity index (χ0v) is 16.8. The topological polar surface area (TPSA) is 84.5 Å². The minimum atomic E-state index is -3.66. The maximum Gasteiger partial charge on any atom is 0.261 e. The lowest BCUT2D eigenvalue weighted by molar-refractivity contribution is 0.0951. The van der Waals surface area contributed by atoms with Crippen molar-refractivity contribution in [1.29, 1.82) is 0 Å². The van der Waals surface area contributed by atoms with E-state index in [1.165, 1.54) is 12.1 Å². The first-order valence-corrected chi connectivity index (χ1v) is 10.6. The van der Waals surface area contributed by atoms with Crippen LogP contribution in [0.2, 0.25) is 0 Å². The van der Waals surface area contributed by atoms with Gasteiger partial charge in [-0.3, -0.25) is 9.52 Å². The Bertz CT molecular complexity index is 1070. The summed E-state index contributed by atoms with van der Waals surface area (Å²) in [7, 11) is -3.66. The summed E-state index contributed by atoms with van der Waals surface area (Å²) in [5.41, 5.74) is 1.75. The molecule has 0 saturated heterocycles. The van der Waals surface area contributed by atoms with Crippen molar-refractivity contribution in [3.63, 3.8) is 0 Å². The third-order valence-corrected chi connectivity index (χ3v) is 5.51. The number of rotatable bonds is 8. The summed E-state index contributed by atoms with van der Waals surface area (Å²) in [5.74, 6) is 0.513. The van der Waals surface area contributed by atoms with Gasteiger partial charge >= 0.3 is 0 Å². The highest BCUT2D eigenvalue weighted by atomic mass is 32.2. The molecule has 0 atom stereocenters. The van der Waals surface area contributed by atoms with Crippen molar-refractivity contribution in [2.75, 3.05) is 11.3 Å². The zero-order chi connectivity index (χ0) is 20.7. The van der Waals surface area contributed by atoms with Crippen LogP contribution in [0.25, 0.3) is 0 Å². The Morgan fingerprint density at radius 2 is 1.66 bits per heavy atom. The molecule has 29 heavy (non-hydrogen) atoms. The molecule has 7 heteroatoms. The normalized spacial score (nSPS) is 10.9. The fraction of sp³-hybridized carbons (Fsp3) is 0.136. The molecule has 0 heterocycles. The third-order valence-electron chi connectivity index (χ3n) is 4.12. The first-order valence-electron chi connectivity index (χ1n) is 9.16. The molecule has 3 rings (SSSR count). The molecule has 0 spiro atoms. The van der Waals surface area contributed by atoms with E-state index in [1.807, 2.05) is 31.2 Å². The molecule has 0 radical (unpaired) electrons. The van der Waals surface area contributed by atoms with Crippen LogP contribution in [0.4, 0.5) is 5.69 Å². The van der Waals surface area contributed by atoms with E-state index in [-0.39, 0.29) is 10.8 Å². The molecule has 0 unspecified atom stereocenters. The van der Waals surface area contributed by atoms with Gasteiger partial charge in [-0.15, -0.1) is 0 Å². The molecule has 1 amide bonds. The Hall–Kier alpha value is -3.32. The molecule has 0 bridgehead atoms. The number of benzene rings is 3. The van der Waals surface area contributed by atoms with Crippen LogP contribution in [0.15, 0.2) is 83.8 Å². The Morgan fingerprint density at radius 1 is 0.931 bits per heavy atom. The third kappa shape index (κ3) is 5.58. The quantitative estimate of drug-likeness (QED) is 0.591. The van der Waals surface area contributed by atoms with E-state index in [4.69, 9.17) is 4.74 Å². The molecule has 0 aliphatic carbocycles. The minimum absolute atomic E-state index is 0.177. The number of anilines is 1. The number of hydrogen-bond donors (Lipinski definition) is 2. The molecule has 0 aromatic heterocycles. The molecular formula is C22H22N2O4S. The zero-order valence-electron chi connectivity index (χ0n) is 16.0. The number of carbonyl (C=O) groups excluding carboxylic acids is 1. The highest BCUT2D eigenvalue weighted by Gasteiger charge is 2.14. The fourth-order valence-corrected chi connectivity index (χ4v) is 3.78. The van der Waals surface area contributed by atoms with Crippen molar-refractivity contribution in [2.45, 2.75) is 18.4 Å². The largest absolute Gasteiger partial charge is 0.494 e. The molecule has 150 valence electrons. The molecule has 3 aromatic carbocycles. The summed E-state index contributed by atoms with van der Waals surface area (Å²) in [4.78, 5) is 12.5. The lowest BCUT2D eigenvalue weighted by Gasteiger charge is -2.10. The maximum atomic E-state index is 12.4. The first kappa shape index (κ1) is 20.4. The second-order valence-corrected chi connectivity index (χ2v) is 7.94. The van der Waals surface area contributed by atoms with E-state index in [1.54, 1.807) is 42.5 Å². The first-order chi connectivity index (χ1) is 14.0. The summed E-state index contributed by atoms with van der Waals surface area (Å²) in [6, 6.07) is 21.9. The summed E-state index contributed by atoms with van der Waals surface area (Å²) >= 11 is 0. The Morgan fingerprint density at radius 3 is 2.34 bits per heavy atom. The number of amides is 1. The summed E-state index contributed by atoms with van der Waals surface area (Å²) < 4.78 is 32.7. The average molecular weight is 410 g/mol. The maximum absolute atomic E-state index is 12.4. The van der Waals surface area contributed by atoms with Gasteiger partial charge in [0.05, 0.1) is 11.5 Å². The van der Waals surface area contributed by atoms with E-state index in [9.17, 15) is 13.2 Å². The molecular weight excluding hydrogens is 388 g/mol. The predicted molar refractivity (Wildman–Crippen MR) is 112 cm³/mol. The summed E-state index contributed by atoms with van der Waals surface area (Å²) in [6.45, 7) is 2.86. The van der Waals surface area contributed by atoms with Gasteiger partial charge in [0.2, 0.25) is 0 Å². The molecule has 0 saturated carbocycles. The smallest absolute Gasteiger partial charge is 0.261 e. The van der Waals surface area contributed by atoms with E-state index in [0.717, 1.165) is 11.3 Å². The van der Waals surface area contributed by atoms with Crippen molar-refractivity contribution in [3.8, 4) is 5.75 Å². The van der Waals surface area contributed by atoms with Crippen LogP contribution >= 0.6 is 0 Å². The van der Waals surface area contributed by atoms with Gasteiger partial charge in [-0.1, -0.05) is 30.3 Å². The predicted octanol–water partition coefficient (Wildman–Crippen LogP) is 3.82. The van der Waals surface area contributed by atoms with Crippen LogP contribution < -0.4 is 14.8 Å². The number of nitrogens with one attached hydrogen (secondary N) is 2. The Balaban J connectivity index is 1.61. The fourth-order valence-electron chi connectivity index (χ4n) is 2.70. The second-order valence-electron chi connectivity index (χ2n) is 6.26. The minimum Gasteiger partial charge on any atom is -0.494 e. The number of sulfonamides is 1.